The lowest BCUT2D eigenvalue weighted by Crippen LogP contribution is -2.57. The van der Waals surface area contributed by atoms with Gasteiger partial charge >= 0.3 is 6.03 Å². The molecule has 2 aromatic rings. The molecule has 0 unspecified atom stereocenters. The van der Waals surface area contributed by atoms with Crippen molar-refractivity contribution < 1.29 is 9.59 Å². The van der Waals surface area contributed by atoms with E-state index in [-0.39, 0.29) is 24.4 Å². The van der Waals surface area contributed by atoms with Crippen LogP contribution in [-0.4, -0.2) is 40.5 Å². The third-order valence-electron chi connectivity index (χ3n) is 5.46. The Hall–Kier alpha value is -1.96. The van der Waals surface area contributed by atoms with Crippen LogP contribution in [0, 0.1) is 5.92 Å². The van der Waals surface area contributed by atoms with E-state index >= 15 is 0 Å². The first-order valence-corrected chi connectivity index (χ1v) is 10.3. The molecule has 27 heavy (non-hydrogen) atoms. The Bertz CT molecular complexity index is 838. The zero-order chi connectivity index (χ0) is 18.9. The molecule has 1 aromatic carbocycles. The Morgan fingerprint density at radius 2 is 2.04 bits per heavy atom. The first kappa shape index (κ1) is 18.4. The van der Waals surface area contributed by atoms with E-state index in [2.05, 4.69) is 15.6 Å². The van der Waals surface area contributed by atoms with Gasteiger partial charge in [0, 0.05) is 22.5 Å². The van der Waals surface area contributed by atoms with E-state index in [0.29, 0.717) is 11.4 Å². The minimum absolute atomic E-state index is 0.0675. The number of carbonyl (C=O) groups excluding carboxylic acids is 2. The zero-order valence-electron chi connectivity index (χ0n) is 14.8. The van der Waals surface area contributed by atoms with Crippen molar-refractivity contribution in [2.75, 3.05) is 13.1 Å². The van der Waals surface area contributed by atoms with Gasteiger partial charge in [0.1, 0.15) is 5.54 Å². The lowest BCUT2D eigenvalue weighted by molar-refractivity contribution is -0.134. The van der Waals surface area contributed by atoms with Crippen LogP contribution in [0.1, 0.15) is 23.3 Å². The molecule has 0 aliphatic carbocycles. The van der Waals surface area contributed by atoms with Gasteiger partial charge in [0.15, 0.2) is 0 Å². The topological polar surface area (TPSA) is 74.3 Å². The maximum Gasteiger partial charge on any atom is 0.325 e. The predicted octanol–water partition coefficient (Wildman–Crippen LogP) is 2.83. The average molecular weight is 405 g/mol. The molecule has 3 amide bonds. The van der Waals surface area contributed by atoms with Crippen LogP contribution in [0.3, 0.4) is 0 Å². The van der Waals surface area contributed by atoms with Crippen LogP contribution in [0.25, 0.3) is 0 Å². The van der Waals surface area contributed by atoms with Crippen LogP contribution in [0.2, 0.25) is 5.02 Å². The van der Waals surface area contributed by atoms with Gasteiger partial charge in [0.2, 0.25) is 0 Å². The number of hydrogen-bond acceptors (Lipinski definition) is 5. The zero-order valence-corrected chi connectivity index (χ0v) is 16.4. The number of urea groups is 1. The molecule has 6 nitrogen and oxygen atoms in total. The number of benzene rings is 1. The monoisotopic (exact) mass is 404 g/mol. The van der Waals surface area contributed by atoms with Crippen molar-refractivity contribution in [2.45, 2.75) is 31.3 Å². The second kappa shape index (κ2) is 7.58. The van der Waals surface area contributed by atoms with Crippen LogP contribution in [-0.2, 0) is 17.8 Å². The van der Waals surface area contributed by atoms with Gasteiger partial charge in [-0.25, -0.2) is 4.79 Å². The van der Waals surface area contributed by atoms with Gasteiger partial charge in [-0.2, -0.15) is 0 Å². The first-order chi connectivity index (χ1) is 13.1. The fourth-order valence-electron chi connectivity index (χ4n) is 4.06. The summed E-state index contributed by atoms with van der Waals surface area (Å²) in [4.78, 5) is 32.6. The smallest absolute Gasteiger partial charge is 0.322 e. The summed E-state index contributed by atoms with van der Waals surface area (Å²) in [6.45, 7) is 1.93. The first-order valence-electron chi connectivity index (χ1n) is 9.06. The molecule has 3 heterocycles. The number of imide groups is 1. The van der Waals surface area contributed by atoms with Crippen LogP contribution < -0.4 is 10.6 Å². The van der Waals surface area contributed by atoms with Gasteiger partial charge in [0.05, 0.1) is 12.1 Å². The molecule has 1 aromatic heterocycles. The second-order valence-corrected chi connectivity index (χ2v) is 8.43. The summed E-state index contributed by atoms with van der Waals surface area (Å²) in [5.74, 6) is -0.0920. The van der Waals surface area contributed by atoms with Crippen LogP contribution in [0.5, 0.6) is 0 Å². The van der Waals surface area contributed by atoms with Gasteiger partial charge in [-0.1, -0.05) is 29.8 Å². The normalized spacial score (nSPS) is 23.7. The lowest BCUT2D eigenvalue weighted by atomic mass is 9.74. The molecule has 0 radical (unpaired) electrons. The SMILES string of the molecule is O=C1N[C@](Cc2ccccc2Cl)(C2CCNCC2)C(=O)N1Cc1cncs1. The van der Waals surface area contributed by atoms with Crippen molar-refractivity contribution in [1.82, 2.24) is 20.5 Å². The quantitative estimate of drug-likeness (QED) is 0.751. The van der Waals surface area contributed by atoms with Gasteiger partial charge in [-0.15, -0.1) is 11.3 Å². The highest BCUT2D eigenvalue weighted by atomic mass is 35.5. The standard InChI is InChI=1S/C19H21ClN4O2S/c20-16-4-2-1-3-13(16)9-19(14-5-7-21-8-6-14)17(25)24(18(26)23-19)11-15-10-22-12-27-15/h1-4,10,12,14,21H,5-9,11H2,(H,23,26)/t19-/m1/s1. The summed E-state index contributed by atoms with van der Waals surface area (Å²) < 4.78 is 0. The van der Waals surface area contributed by atoms with Gasteiger partial charge in [-0.3, -0.25) is 14.7 Å². The summed E-state index contributed by atoms with van der Waals surface area (Å²) in [5.41, 5.74) is 1.64. The fourth-order valence-corrected chi connectivity index (χ4v) is 4.85. The predicted molar refractivity (Wildman–Crippen MR) is 105 cm³/mol. The molecule has 2 N–H and O–H groups in total. The number of piperidine rings is 1. The number of amides is 3. The highest BCUT2D eigenvalue weighted by molar-refractivity contribution is 7.09. The molecule has 2 fully saturated rings. The fraction of sp³-hybridized carbons (Fsp3) is 0.421. The van der Waals surface area contributed by atoms with E-state index in [9.17, 15) is 9.59 Å². The van der Waals surface area contributed by atoms with Crippen molar-refractivity contribution in [3.05, 3.63) is 51.4 Å². The summed E-state index contributed by atoms with van der Waals surface area (Å²) >= 11 is 7.82. The van der Waals surface area contributed by atoms with Crippen LogP contribution in [0.4, 0.5) is 4.79 Å². The maximum atomic E-state index is 13.5. The van der Waals surface area contributed by atoms with E-state index in [1.165, 1.54) is 16.2 Å². The molecule has 0 saturated carbocycles. The largest absolute Gasteiger partial charge is 0.325 e. The number of aromatic nitrogens is 1. The number of rotatable bonds is 5. The van der Waals surface area contributed by atoms with E-state index in [0.717, 1.165) is 36.4 Å². The minimum atomic E-state index is -0.950. The molecular formula is C19H21ClN4O2S. The van der Waals surface area contributed by atoms with Crippen molar-refractivity contribution in [3.8, 4) is 0 Å². The molecular weight excluding hydrogens is 384 g/mol. The highest BCUT2D eigenvalue weighted by Gasteiger charge is 2.55. The van der Waals surface area contributed by atoms with E-state index < -0.39 is 5.54 Å². The minimum Gasteiger partial charge on any atom is -0.322 e. The van der Waals surface area contributed by atoms with E-state index in [1.807, 2.05) is 24.3 Å². The second-order valence-electron chi connectivity index (χ2n) is 7.05. The Morgan fingerprint density at radius 1 is 1.26 bits per heavy atom. The van der Waals surface area contributed by atoms with E-state index in [4.69, 9.17) is 11.6 Å². The Morgan fingerprint density at radius 3 is 2.74 bits per heavy atom. The van der Waals surface area contributed by atoms with Gasteiger partial charge < -0.3 is 10.6 Å². The molecule has 0 spiro atoms. The number of carbonyl (C=O) groups is 2. The number of nitrogens with zero attached hydrogens (tertiary/aromatic N) is 2. The molecule has 0 bridgehead atoms. The number of hydrogen-bond donors (Lipinski definition) is 2. The van der Waals surface area contributed by atoms with Crippen molar-refractivity contribution in [1.29, 1.82) is 0 Å². The summed E-state index contributed by atoms with van der Waals surface area (Å²) in [7, 11) is 0. The van der Waals surface area contributed by atoms with Crippen molar-refractivity contribution in [3.63, 3.8) is 0 Å². The maximum absolute atomic E-state index is 13.5. The molecule has 142 valence electrons. The summed E-state index contributed by atoms with van der Waals surface area (Å²) in [6.07, 6.45) is 3.78. The number of halogens is 1. The van der Waals surface area contributed by atoms with Gasteiger partial charge in [-0.05, 0) is 43.5 Å². The van der Waals surface area contributed by atoms with Crippen molar-refractivity contribution in [2.24, 2.45) is 5.92 Å². The van der Waals surface area contributed by atoms with Gasteiger partial charge in [0.25, 0.3) is 5.91 Å². The molecule has 1 atom stereocenters. The van der Waals surface area contributed by atoms with Crippen LogP contribution in [0.15, 0.2) is 36.0 Å². The molecule has 2 saturated heterocycles. The Kier molecular flexibility index (Phi) is 5.16. The molecule has 8 heteroatoms. The molecule has 2 aliphatic rings. The summed E-state index contributed by atoms with van der Waals surface area (Å²) in [5, 5.41) is 7.01. The Balaban J connectivity index is 1.68. The van der Waals surface area contributed by atoms with Crippen molar-refractivity contribution >= 4 is 34.9 Å². The molecule has 2 aliphatic heterocycles. The number of thiazole rings is 1. The highest BCUT2D eigenvalue weighted by Crippen LogP contribution is 2.37. The van der Waals surface area contributed by atoms with E-state index in [1.54, 1.807) is 11.7 Å². The third-order valence-corrected chi connectivity index (χ3v) is 6.60. The average Bonchev–Trinajstić information content (AvgIpc) is 3.28. The number of nitrogens with one attached hydrogen (secondary N) is 2. The summed E-state index contributed by atoms with van der Waals surface area (Å²) in [6, 6.07) is 7.20. The lowest BCUT2D eigenvalue weighted by Gasteiger charge is -2.38. The Labute approximate surface area is 166 Å². The third kappa shape index (κ3) is 3.47. The van der Waals surface area contributed by atoms with Crippen LogP contribution >= 0.6 is 22.9 Å². The molecule has 4 rings (SSSR count).